The minimum atomic E-state index is -0.179. The number of halogens is 1. The van der Waals surface area contributed by atoms with Gasteiger partial charge in [-0.15, -0.1) is 11.3 Å². The van der Waals surface area contributed by atoms with E-state index in [0.29, 0.717) is 19.6 Å². The Hall–Kier alpha value is -2.19. The Morgan fingerprint density at radius 3 is 2.79 bits per heavy atom. The molecule has 0 radical (unpaired) electrons. The number of urea groups is 1. The van der Waals surface area contributed by atoms with Gasteiger partial charge < -0.3 is 10.6 Å². The second kappa shape index (κ2) is 8.07. The minimum absolute atomic E-state index is 0.179. The highest BCUT2D eigenvalue weighted by molar-refractivity contribution is 9.10. The average molecular weight is 406 g/mol. The summed E-state index contributed by atoms with van der Waals surface area (Å²) in [5.74, 6) is 0. The summed E-state index contributed by atoms with van der Waals surface area (Å²) in [6.45, 7) is 1.66. The molecule has 24 heavy (non-hydrogen) atoms. The normalized spacial score (nSPS) is 10.5. The molecule has 0 aliphatic rings. The van der Waals surface area contributed by atoms with Crippen molar-refractivity contribution in [1.29, 1.82) is 0 Å². The Bertz CT molecular complexity index is 802. The maximum Gasteiger partial charge on any atom is 0.315 e. The number of carbonyl (C=O) groups is 1. The first-order valence-corrected chi connectivity index (χ1v) is 9.01. The van der Waals surface area contributed by atoms with Crippen LogP contribution in [0, 0.1) is 0 Å². The fourth-order valence-corrected chi connectivity index (χ4v) is 3.59. The van der Waals surface area contributed by atoms with E-state index in [2.05, 4.69) is 42.7 Å². The first-order chi connectivity index (χ1) is 11.7. The first kappa shape index (κ1) is 16.7. The smallest absolute Gasteiger partial charge is 0.315 e. The van der Waals surface area contributed by atoms with Crippen LogP contribution in [0.5, 0.6) is 0 Å². The van der Waals surface area contributed by atoms with Gasteiger partial charge in [0.1, 0.15) is 12.7 Å². The maximum atomic E-state index is 11.9. The van der Waals surface area contributed by atoms with Gasteiger partial charge in [0.25, 0.3) is 0 Å². The van der Waals surface area contributed by atoms with Crippen LogP contribution in [-0.2, 0) is 19.6 Å². The number of amides is 2. The highest BCUT2D eigenvalue weighted by atomic mass is 79.9. The molecule has 0 saturated carbocycles. The molecule has 3 aromatic rings. The van der Waals surface area contributed by atoms with Gasteiger partial charge in [0.15, 0.2) is 0 Å². The van der Waals surface area contributed by atoms with Crippen molar-refractivity contribution in [2.45, 2.75) is 19.6 Å². The van der Waals surface area contributed by atoms with E-state index in [-0.39, 0.29) is 6.03 Å². The number of rotatable bonds is 6. The van der Waals surface area contributed by atoms with Gasteiger partial charge in [-0.25, -0.2) is 14.5 Å². The lowest BCUT2D eigenvalue weighted by Crippen LogP contribution is -2.34. The zero-order chi connectivity index (χ0) is 16.8. The molecule has 0 fully saturated rings. The van der Waals surface area contributed by atoms with E-state index >= 15 is 0 Å². The van der Waals surface area contributed by atoms with E-state index in [9.17, 15) is 4.79 Å². The topological polar surface area (TPSA) is 71.8 Å². The molecule has 8 heteroatoms. The van der Waals surface area contributed by atoms with Gasteiger partial charge in [-0.3, -0.25) is 0 Å². The summed E-state index contributed by atoms with van der Waals surface area (Å²) in [7, 11) is 0. The number of nitrogens with zero attached hydrogens (tertiary/aromatic N) is 3. The largest absolute Gasteiger partial charge is 0.334 e. The molecule has 0 bridgehead atoms. The predicted molar refractivity (Wildman–Crippen MR) is 96.7 cm³/mol. The number of benzene rings is 1. The molecule has 124 valence electrons. The van der Waals surface area contributed by atoms with Crippen molar-refractivity contribution in [1.82, 2.24) is 25.4 Å². The van der Waals surface area contributed by atoms with Crippen molar-refractivity contribution >= 4 is 33.3 Å². The quantitative estimate of drug-likeness (QED) is 0.661. The van der Waals surface area contributed by atoms with E-state index in [1.807, 2.05) is 29.6 Å². The second-order valence-corrected chi connectivity index (χ2v) is 7.09. The molecule has 1 aromatic carbocycles. The Morgan fingerprint density at radius 1 is 1.21 bits per heavy atom. The molecule has 2 heterocycles. The molecule has 0 atom stereocenters. The van der Waals surface area contributed by atoms with Gasteiger partial charge in [-0.2, -0.15) is 5.10 Å². The molecule has 0 aliphatic heterocycles. The summed E-state index contributed by atoms with van der Waals surface area (Å²) in [5.41, 5.74) is 2.16. The molecule has 0 saturated heterocycles. The van der Waals surface area contributed by atoms with E-state index in [1.165, 1.54) is 6.33 Å². The van der Waals surface area contributed by atoms with Gasteiger partial charge in [0.2, 0.25) is 0 Å². The Kier molecular flexibility index (Phi) is 5.60. The molecule has 3 rings (SSSR count). The van der Waals surface area contributed by atoms with Crippen LogP contribution in [0.2, 0.25) is 0 Å². The number of thiophene rings is 1. The molecule has 2 N–H and O–H groups in total. The fraction of sp³-hybridized carbons (Fsp3) is 0.188. The Morgan fingerprint density at radius 2 is 2.04 bits per heavy atom. The number of hydrogen-bond acceptors (Lipinski definition) is 4. The molecule has 0 unspecified atom stereocenters. The zero-order valence-corrected chi connectivity index (χ0v) is 15.2. The third-order valence-corrected chi connectivity index (χ3v) is 5.00. The lowest BCUT2D eigenvalue weighted by Gasteiger charge is -2.08. The van der Waals surface area contributed by atoms with E-state index in [0.717, 1.165) is 20.5 Å². The van der Waals surface area contributed by atoms with Crippen molar-refractivity contribution in [3.63, 3.8) is 0 Å². The summed E-state index contributed by atoms with van der Waals surface area (Å²) >= 11 is 5.01. The van der Waals surface area contributed by atoms with Crippen LogP contribution in [-0.4, -0.2) is 20.8 Å². The van der Waals surface area contributed by atoms with Crippen molar-refractivity contribution < 1.29 is 4.79 Å². The monoisotopic (exact) mass is 405 g/mol. The number of hydrogen-bond donors (Lipinski definition) is 2. The zero-order valence-electron chi connectivity index (χ0n) is 12.8. The van der Waals surface area contributed by atoms with E-state index in [4.69, 9.17) is 0 Å². The van der Waals surface area contributed by atoms with Gasteiger partial charge in [0, 0.05) is 21.3 Å². The SMILES string of the molecule is O=C(NCc1cccc(Cn2cncn2)c1)NCc1cc(Br)cs1. The van der Waals surface area contributed by atoms with Crippen LogP contribution in [0.4, 0.5) is 4.79 Å². The van der Waals surface area contributed by atoms with E-state index < -0.39 is 0 Å². The fourth-order valence-electron chi connectivity index (χ4n) is 2.20. The molecule has 2 aromatic heterocycles. The van der Waals surface area contributed by atoms with Crippen molar-refractivity contribution in [3.05, 3.63) is 68.8 Å². The van der Waals surface area contributed by atoms with Crippen LogP contribution in [0.1, 0.15) is 16.0 Å². The van der Waals surface area contributed by atoms with Gasteiger partial charge >= 0.3 is 6.03 Å². The summed E-state index contributed by atoms with van der Waals surface area (Å²) in [4.78, 5) is 16.9. The van der Waals surface area contributed by atoms with Crippen LogP contribution in [0.15, 0.2) is 52.8 Å². The van der Waals surface area contributed by atoms with Gasteiger partial charge in [-0.05, 0) is 33.1 Å². The lowest BCUT2D eigenvalue weighted by atomic mass is 10.1. The number of aromatic nitrogens is 3. The van der Waals surface area contributed by atoms with Crippen LogP contribution < -0.4 is 10.6 Å². The second-order valence-electron chi connectivity index (χ2n) is 5.18. The standard InChI is InChI=1S/C16H16BrN5OS/c17-14-5-15(24-9-14)7-20-16(23)19-6-12-2-1-3-13(4-12)8-22-11-18-10-21-22/h1-5,9-11H,6-8H2,(H2,19,20,23). The van der Waals surface area contributed by atoms with Crippen molar-refractivity contribution in [2.75, 3.05) is 0 Å². The maximum absolute atomic E-state index is 11.9. The minimum Gasteiger partial charge on any atom is -0.334 e. The lowest BCUT2D eigenvalue weighted by molar-refractivity contribution is 0.240. The van der Waals surface area contributed by atoms with Gasteiger partial charge in [0.05, 0.1) is 13.1 Å². The Labute approximate surface area is 152 Å². The van der Waals surface area contributed by atoms with Gasteiger partial charge in [-0.1, -0.05) is 24.3 Å². The number of nitrogens with one attached hydrogen (secondary N) is 2. The molecular formula is C16H16BrN5OS. The van der Waals surface area contributed by atoms with Crippen molar-refractivity contribution in [3.8, 4) is 0 Å². The summed E-state index contributed by atoms with van der Waals surface area (Å²) < 4.78 is 2.80. The summed E-state index contributed by atoms with van der Waals surface area (Å²) in [6, 6.07) is 9.86. The van der Waals surface area contributed by atoms with E-state index in [1.54, 1.807) is 22.3 Å². The number of carbonyl (C=O) groups excluding carboxylic acids is 1. The van der Waals surface area contributed by atoms with Crippen LogP contribution >= 0.6 is 27.3 Å². The molecule has 0 spiro atoms. The van der Waals surface area contributed by atoms with Crippen molar-refractivity contribution in [2.24, 2.45) is 0 Å². The molecule has 6 nitrogen and oxygen atoms in total. The summed E-state index contributed by atoms with van der Waals surface area (Å²) in [6.07, 6.45) is 3.20. The Balaban J connectivity index is 1.48. The third kappa shape index (κ3) is 4.90. The summed E-state index contributed by atoms with van der Waals surface area (Å²) in [5, 5.41) is 11.8. The predicted octanol–water partition coefficient (Wildman–Crippen LogP) is 3.15. The first-order valence-electron chi connectivity index (χ1n) is 7.34. The highest BCUT2D eigenvalue weighted by Crippen LogP contribution is 2.19. The third-order valence-electron chi connectivity index (χ3n) is 3.30. The van der Waals surface area contributed by atoms with Crippen LogP contribution in [0.3, 0.4) is 0 Å². The molecule has 2 amide bonds. The van der Waals surface area contributed by atoms with Crippen LogP contribution in [0.25, 0.3) is 0 Å². The molecular weight excluding hydrogens is 390 g/mol. The highest BCUT2D eigenvalue weighted by Gasteiger charge is 2.03. The molecule has 0 aliphatic carbocycles. The average Bonchev–Trinajstić information content (AvgIpc) is 3.23.